The van der Waals surface area contributed by atoms with E-state index in [0.717, 1.165) is 11.3 Å². The normalized spacial score (nSPS) is 10.9. The van der Waals surface area contributed by atoms with Crippen LogP contribution in [0.4, 0.5) is 5.69 Å². The Morgan fingerprint density at radius 2 is 2.03 bits per heavy atom. The van der Waals surface area contributed by atoms with Crippen LogP contribution in [-0.2, 0) is 7.05 Å². The zero-order chi connectivity index (χ0) is 20.5. The lowest BCUT2D eigenvalue weighted by Crippen LogP contribution is -2.01. The molecule has 1 aromatic carbocycles. The van der Waals surface area contributed by atoms with Crippen LogP contribution in [0.2, 0.25) is 0 Å². The summed E-state index contributed by atoms with van der Waals surface area (Å²) in [5, 5.41) is 21.7. The monoisotopic (exact) mass is 389 g/mol. The zero-order valence-corrected chi connectivity index (χ0v) is 16.1. The molecule has 0 aliphatic heterocycles. The first kappa shape index (κ1) is 18.4. The Bertz CT molecular complexity index is 1230. The van der Waals surface area contributed by atoms with Crippen molar-refractivity contribution in [3.8, 4) is 29.0 Å². The fourth-order valence-electron chi connectivity index (χ4n) is 3.01. The number of ether oxygens (including phenoxy) is 1. The molecule has 0 saturated heterocycles. The fourth-order valence-corrected chi connectivity index (χ4v) is 3.01. The molecule has 9 nitrogen and oxygen atoms in total. The van der Waals surface area contributed by atoms with Gasteiger partial charge >= 0.3 is 6.01 Å². The Morgan fingerprint density at radius 3 is 2.72 bits per heavy atom. The average molecular weight is 389 g/mol. The number of rotatable bonds is 5. The van der Waals surface area contributed by atoms with E-state index < -0.39 is 0 Å². The van der Waals surface area contributed by atoms with Gasteiger partial charge in [0.15, 0.2) is 0 Å². The van der Waals surface area contributed by atoms with Gasteiger partial charge in [-0.05, 0) is 25.1 Å². The number of fused-ring (bicyclic) bond motifs is 1. The lowest BCUT2D eigenvalue weighted by molar-refractivity contribution is 0.412. The summed E-state index contributed by atoms with van der Waals surface area (Å²) in [6.45, 7) is 1.72. The number of benzene rings is 1. The first-order valence-corrected chi connectivity index (χ1v) is 8.85. The topological polar surface area (TPSA) is 122 Å². The molecule has 0 aliphatic carbocycles. The van der Waals surface area contributed by atoms with Crippen LogP contribution in [0.1, 0.15) is 12.5 Å². The molecule has 4 rings (SSSR count). The summed E-state index contributed by atoms with van der Waals surface area (Å²) < 4.78 is 7.60. The highest BCUT2D eigenvalue weighted by Gasteiger charge is 2.16. The van der Waals surface area contributed by atoms with Gasteiger partial charge in [0.05, 0.1) is 11.7 Å². The molecular formula is C20H19N7O2. The smallest absolute Gasteiger partial charge is 0.325 e. The summed E-state index contributed by atoms with van der Waals surface area (Å²) >= 11 is 0. The van der Waals surface area contributed by atoms with E-state index in [0.29, 0.717) is 33.8 Å². The second kappa shape index (κ2) is 7.19. The maximum absolute atomic E-state index is 10.4. The van der Waals surface area contributed by atoms with Crippen LogP contribution in [-0.4, -0.2) is 42.4 Å². The van der Waals surface area contributed by atoms with Gasteiger partial charge in [-0.2, -0.15) is 9.97 Å². The van der Waals surface area contributed by atoms with Gasteiger partial charge in [-0.25, -0.2) is 4.98 Å². The van der Waals surface area contributed by atoms with Gasteiger partial charge in [-0.3, -0.25) is 4.98 Å². The molecule has 0 saturated carbocycles. The lowest BCUT2D eigenvalue weighted by atomic mass is 10.1. The van der Waals surface area contributed by atoms with E-state index in [9.17, 15) is 5.11 Å². The van der Waals surface area contributed by atoms with Crippen molar-refractivity contribution in [2.45, 2.75) is 6.92 Å². The molecular weight excluding hydrogens is 370 g/mol. The van der Waals surface area contributed by atoms with Crippen molar-refractivity contribution in [3.63, 3.8) is 0 Å². The lowest BCUT2D eigenvalue weighted by Gasteiger charge is -2.11. The molecule has 0 spiro atoms. The SMILES string of the molecule is CNc1cc(Oc2nc(O)c3ccnc(-c4cn(C)cn4)c3n2)ccc1C(C)=N. The summed E-state index contributed by atoms with van der Waals surface area (Å²) in [5.74, 6) is 0.270. The van der Waals surface area contributed by atoms with Gasteiger partial charge in [0.25, 0.3) is 0 Å². The molecule has 0 radical (unpaired) electrons. The van der Waals surface area contributed by atoms with Crippen LogP contribution in [0, 0.1) is 5.41 Å². The number of imidazole rings is 1. The third-order valence-electron chi connectivity index (χ3n) is 4.40. The van der Waals surface area contributed by atoms with E-state index in [4.69, 9.17) is 10.1 Å². The predicted octanol–water partition coefficient (Wildman–Crippen LogP) is 3.35. The summed E-state index contributed by atoms with van der Waals surface area (Å²) in [7, 11) is 3.64. The molecule has 0 aliphatic rings. The van der Waals surface area contributed by atoms with Crippen molar-refractivity contribution in [2.75, 3.05) is 12.4 Å². The Hall–Kier alpha value is -4.01. The second-order valence-corrected chi connectivity index (χ2v) is 6.49. The van der Waals surface area contributed by atoms with E-state index in [-0.39, 0.29) is 11.9 Å². The minimum absolute atomic E-state index is 0.0124. The first-order chi connectivity index (χ1) is 14.0. The molecule has 0 atom stereocenters. The minimum atomic E-state index is -0.203. The van der Waals surface area contributed by atoms with Crippen molar-refractivity contribution in [2.24, 2.45) is 7.05 Å². The predicted molar refractivity (Wildman–Crippen MR) is 110 cm³/mol. The molecule has 3 aromatic heterocycles. The van der Waals surface area contributed by atoms with Crippen molar-refractivity contribution in [3.05, 3.63) is 48.5 Å². The van der Waals surface area contributed by atoms with E-state index in [1.807, 2.05) is 13.2 Å². The van der Waals surface area contributed by atoms with Gasteiger partial charge in [-0.15, -0.1) is 0 Å². The van der Waals surface area contributed by atoms with Crippen molar-refractivity contribution >= 4 is 22.3 Å². The average Bonchev–Trinajstić information content (AvgIpc) is 3.13. The van der Waals surface area contributed by atoms with Crippen molar-refractivity contribution in [1.82, 2.24) is 24.5 Å². The molecule has 0 unspecified atom stereocenters. The Morgan fingerprint density at radius 1 is 1.21 bits per heavy atom. The molecule has 3 heterocycles. The van der Waals surface area contributed by atoms with Gasteiger partial charge in [0, 0.05) is 49.5 Å². The van der Waals surface area contributed by atoms with Crippen molar-refractivity contribution < 1.29 is 9.84 Å². The highest BCUT2D eigenvalue weighted by atomic mass is 16.5. The molecule has 0 fully saturated rings. The summed E-state index contributed by atoms with van der Waals surface area (Å²) in [6, 6.07) is 6.89. The number of anilines is 1. The van der Waals surface area contributed by atoms with Crippen LogP contribution in [0.5, 0.6) is 17.6 Å². The molecule has 29 heavy (non-hydrogen) atoms. The maximum Gasteiger partial charge on any atom is 0.325 e. The number of aryl methyl sites for hydroxylation is 1. The number of hydrogen-bond acceptors (Lipinski definition) is 8. The molecule has 0 bridgehead atoms. The van der Waals surface area contributed by atoms with Crippen molar-refractivity contribution in [1.29, 1.82) is 5.41 Å². The van der Waals surface area contributed by atoms with E-state index in [1.54, 1.807) is 55.3 Å². The third-order valence-corrected chi connectivity index (χ3v) is 4.40. The number of aromatic nitrogens is 5. The number of nitrogens with zero attached hydrogens (tertiary/aromatic N) is 5. The second-order valence-electron chi connectivity index (χ2n) is 6.49. The Labute approximate surface area is 166 Å². The van der Waals surface area contributed by atoms with Crippen LogP contribution < -0.4 is 10.1 Å². The Kier molecular flexibility index (Phi) is 4.55. The first-order valence-electron chi connectivity index (χ1n) is 8.85. The largest absolute Gasteiger partial charge is 0.493 e. The number of nitrogens with one attached hydrogen (secondary N) is 2. The maximum atomic E-state index is 10.4. The summed E-state index contributed by atoms with van der Waals surface area (Å²) in [5.41, 5.74) is 3.54. The van der Waals surface area contributed by atoms with Crippen LogP contribution >= 0.6 is 0 Å². The van der Waals surface area contributed by atoms with Gasteiger partial charge in [0.2, 0.25) is 5.88 Å². The number of pyridine rings is 1. The molecule has 9 heteroatoms. The fraction of sp³-hybridized carbons (Fsp3) is 0.150. The highest BCUT2D eigenvalue weighted by molar-refractivity contribution is 6.01. The zero-order valence-electron chi connectivity index (χ0n) is 16.1. The molecule has 3 N–H and O–H groups in total. The summed E-state index contributed by atoms with van der Waals surface area (Å²) in [6.07, 6.45) is 5.06. The number of hydrogen-bond donors (Lipinski definition) is 3. The highest BCUT2D eigenvalue weighted by Crippen LogP contribution is 2.32. The van der Waals surface area contributed by atoms with E-state index in [2.05, 4.69) is 25.3 Å². The van der Waals surface area contributed by atoms with Crippen LogP contribution in [0.25, 0.3) is 22.3 Å². The van der Waals surface area contributed by atoms with Crippen LogP contribution in [0.15, 0.2) is 43.0 Å². The molecule has 0 amide bonds. The standard InChI is InChI=1S/C20H19N7O2/c1-11(21)13-5-4-12(8-15(13)22-2)29-20-25-17-14(19(28)26-20)6-7-23-18(17)16-9-27(3)10-24-16/h4-10,21-22H,1-3H3,(H,25,26,28). The summed E-state index contributed by atoms with van der Waals surface area (Å²) in [4.78, 5) is 17.2. The third kappa shape index (κ3) is 3.45. The van der Waals surface area contributed by atoms with Gasteiger partial charge in [0.1, 0.15) is 22.7 Å². The molecule has 4 aromatic rings. The Balaban J connectivity index is 1.78. The minimum Gasteiger partial charge on any atom is -0.493 e. The number of aromatic hydroxyl groups is 1. The quantitative estimate of drug-likeness (QED) is 0.447. The van der Waals surface area contributed by atoms with Gasteiger partial charge < -0.3 is 25.1 Å². The van der Waals surface area contributed by atoms with Crippen LogP contribution in [0.3, 0.4) is 0 Å². The van der Waals surface area contributed by atoms with Gasteiger partial charge in [-0.1, -0.05) is 0 Å². The molecule has 146 valence electrons. The van der Waals surface area contributed by atoms with E-state index in [1.165, 1.54) is 0 Å². The van der Waals surface area contributed by atoms with E-state index >= 15 is 0 Å².